The minimum Gasteiger partial charge on any atom is -0.383 e. The van der Waals surface area contributed by atoms with E-state index in [9.17, 15) is 8.42 Å². The Morgan fingerprint density at radius 3 is 2.42 bits per heavy atom. The zero-order chi connectivity index (χ0) is 14.3. The predicted octanol–water partition coefficient (Wildman–Crippen LogP) is 2.48. The first kappa shape index (κ1) is 16.1. The fraction of sp³-hybridized carbons (Fsp3) is 0.571. The maximum atomic E-state index is 12.2. The van der Waals surface area contributed by atoms with Gasteiger partial charge in [0.15, 0.2) is 0 Å². The average Bonchev–Trinajstić information content (AvgIpc) is 2.36. The Morgan fingerprint density at radius 2 is 1.89 bits per heavy atom. The van der Waals surface area contributed by atoms with Crippen LogP contribution in [0.4, 0.5) is 0 Å². The molecule has 1 atom stereocenters. The van der Waals surface area contributed by atoms with Crippen LogP contribution in [0.25, 0.3) is 0 Å². The number of benzene rings is 1. The van der Waals surface area contributed by atoms with Crippen LogP contribution in [0.15, 0.2) is 29.2 Å². The van der Waals surface area contributed by atoms with Crippen molar-refractivity contribution in [2.75, 3.05) is 13.7 Å². The van der Waals surface area contributed by atoms with Crippen LogP contribution in [0.2, 0.25) is 0 Å². The second-order valence-corrected chi connectivity index (χ2v) is 6.44. The quantitative estimate of drug-likeness (QED) is 0.798. The predicted molar refractivity (Wildman–Crippen MR) is 76.7 cm³/mol. The zero-order valence-corrected chi connectivity index (χ0v) is 12.7. The van der Waals surface area contributed by atoms with Gasteiger partial charge in [0.25, 0.3) is 0 Å². The van der Waals surface area contributed by atoms with Gasteiger partial charge in [-0.2, -0.15) is 0 Å². The molecule has 0 spiro atoms. The van der Waals surface area contributed by atoms with Crippen molar-refractivity contribution >= 4 is 10.0 Å². The van der Waals surface area contributed by atoms with Gasteiger partial charge in [-0.3, -0.25) is 0 Å². The van der Waals surface area contributed by atoms with E-state index >= 15 is 0 Å². The molecule has 0 aliphatic rings. The van der Waals surface area contributed by atoms with Crippen LogP contribution in [-0.4, -0.2) is 28.2 Å². The molecule has 0 saturated carbocycles. The van der Waals surface area contributed by atoms with Gasteiger partial charge in [0, 0.05) is 13.2 Å². The Bertz CT molecular complexity index is 468. The standard InChI is InChI=1S/C14H23NO3S/c1-4-5-6-13(11-18-3)15-19(16,17)14-9-7-12(2)8-10-14/h7-10,13,15H,4-6,11H2,1-3H3. The smallest absolute Gasteiger partial charge is 0.240 e. The molecule has 0 amide bonds. The van der Waals surface area contributed by atoms with Gasteiger partial charge in [-0.25, -0.2) is 13.1 Å². The average molecular weight is 285 g/mol. The van der Waals surface area contributed by atoms with Crippen LogP contribution in [-0.2, 0) is 14.8 Å². The maximum Gasteiger partial charge on any atom is 0.240 e. The van der Waals surface area contributed by atoms with E-state index in [1.165, 1.54) is 0 Å². The van der Waals surface area contributed by atoms with Crippen LogP contribution >= 0.6 is 0 Å². The summed E-state index contributed by atoms with van der Waals surface area (Å²) in [6.45, 7) is 4.40. The third-order valence-corrected chi connectivity index (χ3v) is 4.46. The Hall–Kier alpha value is -0.910. The van der Waals surface area contributed by atoms with Crippen LogP contribution in [0.3, 0.4) is 0 Å². The van der Waals surface area contributed by atoms with Crippen molar-refractivity contribution < 1.29 is 13.2 Å². The molecule has 0 fully saturated rings. The van der Waals surface area contributed by atoms with Crippen LogP contribution in [0.1, 0.15) is 31.7 Å². The molecular formula is C14H23NO3S. The molecule has 5 heteroatoms. The molecule has 1 aromatic rings. The number of methoxy groups -OCH3 is 1. The van der Waals surface area contributed by atoms with Gasteiger partial charge in [0.05, 0.1) is 11.5 Å². The number of hydrogen-bond acceptors (Lipinski definition) is 3. The van der Waals surface area contributed by atoms with E-state index in [1.807, 2.05) is 6.92 Å². The monoisotopic (exact) mass is 285 g/mol. The SMILES string of the molecule is CCCCC(COC)NS(=O)(=O)c1ccc(C)cc1. The number of hydrogen-bond donors (Lipinski definition) is 1. The summed E-state index contributed by atoms with van der Waals surface area (Å²) in [6.07, 6.45) is 2.80. The number of rotatable bonds is 8. The molecule has 1 aromatic carbocycles. The van der Waals surface area contributed by atoms with Gasteiger partial charge in [-0.05, 0) is 25.5 Å². The van der Waals surface area contributed by atoms with Crippen molar-refractivity contribution in [1.29, 1.82) is 0 Å². The van der Waals surface area contributed by atoms with E-state index in [4.69, 9.17) is 4.74 Å². The molecule has 0 aliphatic carbocycles. The number of nitrogens with one attached hydrogen (secondary N) is 1. The minimum absolute atomic E-state index is 0.170. The number of ether oxygens (including phenoxy) is 1. The van der Waals surface area contributed by atoms with E-state index in [-0.39, 0.29) is 6.04 Å². The summed E-state index contributed by atoms with van der Waals surface area (Å²) < 4.78 is 32.2. The normalized spacial score (nSPS) is 13.4. The van der Waals surface area contributed by atoms with E-state index in [0.29, 0.717) is 11.5 Å². The summed E-state index contributed by atoms with van der Waals surface area (Å²) in [5.74, 6) is 0. The molecule has 4 nitrogen and oxygen atoms in total. The molecule has 0 bridgehead atoms. The van der Waals surface area contributed by atoms with Gasteiger partial charge < -0.3 is 4.74 Å². The zero-order valence-electron chi connectivity index (χ0n) is 11.8. The topological polar surface area (TPSA) is 55.4 Å². The van der Waals surface area contributed by atoms with Crippen LogP contribution in [0, 0.1) is 6.92 Å². The maximum absolute atomic E-state index is 12.2. The third kappa shape index (κ3) is 5.30. The molecule has 1 N–H and O–H groups in total. The highest BCUT2D eigenvalue weighted by atomic mass is 32.2. The first-order chi connectivity index (χ1) is 8.99. The van der Waals surface area contributed by atoms with E-state index in [0.717, 1.165) is 24.8 Å². The molecule has 108 valence electrons. The molecule has 1 unspecified atom stereocenters. The Morgan fingerprint density at radius 1 is 1.26 bits per heavy atom. The number of sulfonamides is 1. The van der Waals surface area contributed by atoms with E-state index in [2.05, 4.69) is 11.6 Å². The molecule has 19 heavy (non-hydrogen) atoms. The number of unbranched alkanes of at least 4 members (excludes halogenated alkanes) is 1. The first-order valence-electron chi connectivity index (χ1n) is 6.57. The third-order valence-electron chi connectivity index (χ3n) is 2.93. The van der Waals surface area contributed by atoms with Crippen molar-refractivity contribution in [2.24, 2.45) is 0 Å². The highest BCUT2D eigenvalue weighted by Crippen LogP contribution is 2.12. The summed E-state index contributed by atoms with van der Waals surface area (Å²) in [4.78, 5) is 0.302. The lowest BCUT2D eigenvalue weighted by molar-refractivity contribution is 0.170. The lowest BCUT2D eigenvalue weighted by atomic mass is 10.1. The Balaban J connectivity index is 2.78. The second-order valence-electron chi connectivity index (χ2n) is 4.73. The van der Waals surface area contributed by atoms with E-state index < -0.39 is 10.0 Å². The van der Waals surface area contributed by atoms with Crippen molar-refractivity contribution in [1.82, 2.24) is 4.72 Å². The van der Waals surface area contributed by atoms with Crippen LogP contribution < -0.4 is 4.72 Å². The Kier molecular flexibility index (Phi) is 6.48. The fourth-order valence-electron chi connectivity index (χ4n) is 1.83. The minimum atomic E-state index is -3.46. The number of aryl methyl sites for hydroxylation is 1. The van der Waals surface area contributed by atoms with Crippen molar-refractivity contribution in [3.8, 4) is 0 Å². The molecule has 1 rings (SSSR count). The molecule has 0 saturated heterocycles. The van der Waals surface area contributed by atoms with Gasteiger partial charge in [0.1, 0.15) is 0 Å². The largest absolute Gasteiger partial charge is 0.383 e. The summed E-state index contributed by atoms with van der Waals surface area (Å²) in [5, 5.41) is 0. The lowest BCUT2D eigenvalue weighted by Crippen LogP contribution is -2.37. The van der Waals surface area contributed by atoms with Gasteiger partial charge >= 0.3 is 0 Å². The first-order valence-corrected chi connectivity index (χ1v) is 8.06. The molecule has 0 aromatic heterocycles. The van der Waals surface area contributed by atoms with Gasteiger partial charge in [-0.15, -0.1) is 0 Å². The second kappa shape index (κ2) is 7.62. The summed E-state index contributed by atoms with van der Waals surface area (Å²) in [6, 6.07) is 6.68. The summed E-state index contributed by atoms with van der Waals surface area (Å²) in [7, 11) is -1.88. The summed E-state index contributed by atoms with van der Waals surface area (Å²) >= 11 is 0. The van der Waals surface area contributed by atoms with Gasteiger partial charge in [0.2, 0.25) is 10.0 Å². The highest BCUT2D eigenvalue weighted by Gasteiger charge is 2.19. The van der Waals surface area contributed by atoms with Crippen LogP contribution in [0.5, 0.6) is 0 Å². The van der Waals surface area contributed by atoms with Crippen molar-refractivity contribution in [3.05, 3.63) is 29.8 Å². The fourth-order valence-corrected chi connectivity index (χ4v) is 3.09. The van der Waals surface area contributed by atoms with E-state index in [1.54, 1.807) is 31.4 Å². The van der Waals surface area contributed by atoms with Crippen molar-refractivity contribution in [3.63, 3.8) is 0 Å². The molecular weight excluding hydrogens is 262 g/mol. The summed E-state index contributed by atoms with van der Waals surface area (Å²) in [5.41, 5.74) is 1.04. The van der Waals surface area contributed by atoms with Crippen molar-refractivity contribution in [2.45, 2.75) is 44.0 Å². The molecule has 0 aliphatic heterocycles. The molecule has 0 radical (unpaired) electrons. The lowest BCUT2D eigenvalue weighted by Gasteiger charge is -2.17. The highest BCUT2D eigenvalue weighted by molar-refractivity contribution is 7.89. The van der Waals surface area contributed by atoms with Gasteiger partial charge in [-0.1, -0.05) is 37.5 Å². The Labute approximate surface area is 116 Å². The molecule has 0 heterocycles.